The van der Waals surface area contributed by atoms with Gasteiger partial charge in [0.15, 0.2) is 6.61 Å². The molecule has 1 aromatic rings. The van der Waals surface area contributed by atoms with Gasteiger partial charge in [0.2, 0.25) is 0 Å². The summed E-state index contributed by atoms with van der Waals surface area (Å²) in [6.07, 6.45) is 2.26. The summed E-state index contributed by atoms with van der Waals surface area (Å²) in [5.41, 5.74) is 0.205. The number of rotatable bonds is 4. The summed E-state index contributed by atoms with van der Waals surface area (Å²) in [6, 6.07) is 3.78. The van der Waals surface area contributed by atoms with Gasteiger partial charge in [-0.05, 0) is 24.3 Å². The SMILES string of the molecule is O=C(/C=C/c1cc(Br)ccc1F)OCC(=O)N1CCNC1=O. The molecule has 1 saturated heterocycles. The number of carbonyl (C=O) groups is 3. The standard InChI is InChI=1S/C14H12BrFN2O4/c15-10-2-3-11(16)9(7-10)1-4-13(20)22-8-12(19)18-6-5-17-14(18)21/h1-4,7H,5-6,8H2,(H,17,21)/b4-1+. The van der Waals surface area contributed by atoms with Crippen LogP contribution in [0.5, 0.6) is 0 Å². The number of hydrogen-bond acceptors (Lipinski definition) is 4. The molecule has 0 spiro atoms. The van der Waals surface area contributed by atoms with Crippen molar-refractivity contribution >= 4 is 39.9 Å². The third-order valence-corrected chi connectivity index (χ3v) is 3.35. The Morgan fingerprint density at radius 3 is 2.91 bits per heavy atom. The van der Waals surface area contributed by atoms with E-state index in [-0.39, 0.29) is 12.1 Å². The lowest BCUT2D eigenvalue weighted by Gasteiger charge is -2.11. The second-order valence-corrected chi connectivity index (χ2v) is 5.30. The van der Waals surface area contributed by atoms with Crippen molar-refractivity contribution < 1.29 is 23.5 Å². The van der Waals surface area contributed by atoms with E-state index in [4.69, 9.17) is 4.74 Å². The Morgan fingerprint density at radius 2 is 2.23 bits per heavy atom. The Labute approximate surface area is 134 Å². The van der Waals surface area contributed by atoms with E-state index in [2.05, 4.69) is 21.2 Å². The number of nitrogens with zero attached hydrogens (tertiary/aromatic N) is 1. The molecule has 1 aromatic carbocycles. The predicted molar refractivity (Wildman–Crippen MR) is 79.2 cm³/mol. The fraction of sp³-hybridized carbons (Fsp3) is 0.214. The van der Waals surface area contributed by atoms with Crippen LogP contribution >= 0.6 is 15.9 Å². The number of ether oxygens (including phenoxy) is 1. The molecule has 2 rings (SSSR count). The third-order valence-electron chi connectivity index (χ3n) is 2.85. The van der Waals surface area contributed by atoms with Gasteiger partial charge in [0, 0.05) is 29.2 Å². The first-order valence-electron chi connectivity index (χ1n) is 6.35. The summed E-state index contributed by atoms with van der Waals surface area (Å²) in [5.74, 6) is -1.89. The van der Waals surface area contributed by atoms with Crippen LogP contribution in [0.25, 0.3) is 6.08 Å². The van der Waals surface area contributed by atoms with E-state index >= 15 is 0 Å². The molecule has 116 valence electrons. The van der Waals surface area contributed by atoms with Crippen molar-refractivity contribution in [1.29, 1.82) is 0 Å². The summed E-state index contributed by atoms with van der Waals surface area (Å²) in [5, 5.41) is 2.46. The molecule has 1 N–H and O–H groups in total. The molecule has 6 nitrogen and oxygen atoms in total. The average Bonchev–Trinajstić information content (AvgIpc) is 2.92. The number of urea groups is 1. The number of benzene rings is 1. The number of hydrogen-bond donors (Lipinski definition) is 1. The smallest absolute Gasteiger partial charge is 0.331 e. The lowest BCUT2D eigenvalue weighted by molar-refractivity contribution is -0.146. The fourth-order valence-electron chi connectivity index (χ4n) is 1.77. The van der Waals surface area contributed by atoms with Gasteiger partial charge in [0.25, 0.3) is 5.91 Å². The molecule has 0 aliphatic carbocycles. The molecule has 0 saturated carbocycles. The Balaban J connectivity index is 1.87. The first-order valence-corrected chi connectivity index (χ1v) is 7.15. The largest absolute Gasteiger partial charge is 0.452 e. The summed E-state index contributed by atoms with van der Waals surface area (Å²) < 4.78 is 18.8. The van der Waals surface area contributed by atoms with Gasteiger partial charge >= 0.3 is 12.0 Å². The van der Waals surface area contributed by atoms with Crippen LogP contribution in [0.2, 0.25) is 0 Å². The molecule has 0 unspecified atom stereocenters. The number of nitrogens with one attached hydrogen (secondary N) is 1. The Morgan fingerprint density at radius 1 is 1.45 bits per heavy atom. The van der Waals surface area contributed by atoms with Gasteiger partial charge in [0.05, 0.1) is 0 Å². The van der Waals surface area contributed by atoms with Crippen LogP contribution in [0.3, 0.4) is 0 Å². The number of halogens is 2. The van der Waals surface area contributed by atoms with Gasteiger partial charge in [-0.1, -0.05) is 15.9 Å². The van der Waals surface area contributed by atoms with Crippen LogP contribution in [-0.2, 0) is 14.3 Å². The zero-order valence-corrected chi connectivity index (χ0v) is 12.9. The van der Waals surface area contributed by atoms with E-state index in [0.29, 0.717) is 11.0 Å². The quantitative estimate of drug-likeness (QED) is 0.646. The van der Waals surface area contributed by atoms with Gasteiger partial charge in [-0.2, -0.15) is 0 Å². The summed E-state index contributed by atoms with van der Waals surface area (Å²) in [4.78, 5) is 35.3. The zero-order chi connectivity index (χ0) is 16.1. The molecule has 1 fully saturated rings. The number of carbonyl (C=O) groups excluding carboxylic acids is 3. The van der Waals surface area contributed by atoms with Crippen LogP contribution < -0.4 is 5.32 Å². The molecule has 0 aromatic heterocycles. The Kier molecular flexibility index (Phi) is 5.26. The number of esters is 1. The summed E-state index contributed by atoms with van der Waals surface area (Å²) >= 11 is 3.19. The molecule has 8 heteroatoms. The Bertz CT molecular complexity index is 648. The fourth-order valence-corrected chi connectivity index (χ4v) is 2.15. The van der Waals surface area contributed by atoms with E-state index in [1.165, 1.54) is 24.3 Å². The van der Waals surface area contributed by atoms with Crippen molar-refractivity contribution in [2.75, 3.05) is 19.7 Å². The highest BCUT2D eigenvalue weighted by Crippen LogP contribution is 2.16. The minimum Gasteiger partial charge on any atom is -0.452 e. The van der Waals surface area contributed by atoms with Crippen LogP contribution in [0, 0.1) is 5.82 Å². The Hall–Kier alpha value is -2.22. The molecule has 1 aliphatic rings. The van der Waals surface area contributed by atoms with E-state index in [1.54, 1.807) is 0 Å². The van der Waals surface area contributed by atoms with Gasteiger partial charge in [0.1, 0.15) is 5.82 Å². The van der Waals surface area contributed by atoms with Gasteiger partial charge in [-0.25, -0.2) is 14.0 Å². The summed E-state index contributed by atoms with van der Waals surface area (Å²) in [6.45, 7) is 0.0758. The van der Waals surface area contributed by atoms with Crippen molar-refractivity contribution in [2.45, 2.75) is 0 Å². The minimum absolute atomic E-state index is 0.205. The van der Waals surface area contributed by atoms with Crippen molar-refractivity contribution in [1.82, 2.24) is 10.2 Å². The maximum Gasteiger partial charge on any atom is 0.331 e. The molecular formula is C14H12BrFN2O4. The van der Waals surface area contributed by atoms with E-state index in [0.717, 1.165) is 11.0 Å². The second-order valence-electron chi connectivity index (χ2n) is 4.38. The molecule has 1 heterocycles. The third kappa shape index (κ3) is 4.14. The van der Waals surface area contributed by atoms with Crippen molar-refractivity contribution in [3.8, 4) is 0 Å². The lowest BCUT2D eigenvalue weighted by atomic mass is 10.2. The minimum atomic E-state index is -0.799. The second kappa shape index (κ2) is 7.17. The van der Waals surface area contributed by atoms with Crippen LogP contribution in [0.1, 0.15) is 5.56 Å². The molecular weight excluding hydrogens is 359 g/mol. The van der Waals surface area contributed by atoms with Gasteiger partial charge in [-0.3, -0.25) is 9.69 Å². The van der Waals surface area contributed by atoms with Crippen molar-refractivity contribution in [3.05, 3.63) is 40.1 Å². The van der Waals surface area contributed by atoms with Gasteiger partial charge in [-0.15, -0.1) is 0 Å². The molecule has 0 radical (unpaired) electrons. The maximum absolute atomic E-state index is 13.5. The maximum atomic E-state index is 13.5. The predicted octanol–water partition coefficient (Wildman–Crippen LogP) is 1.70. The number of amides is 3. The molecule has 3 amide bonds. The molecule has 1 aliphatic heterocycles. The topological polar surface area (TPSA) is 75.7 Å². The van der Waals surface area contributed by atoms with Crippen LogP contribution in [0.15, 0.2) is 28.7 Å². The first-order chi connectivity index (χ1) is 10.5. The van der Waals surface area contributed by atoms with Crippen molar-refractivity contribution in [3.63, 3.8) is 0 Å². The van der Waals surface area contributed by atoms with E-state index in [1.807, 2.05) is 0 Å². The lowest BCUT2D eigenvalue weighted by Crippen LogP contribution is -2.37. The highest BCUT2D eigenvalue weighted by Gasteiger charge is 2.26. The van der Waals surface area contributed by atoms with Crippen LogP contribution in [0.4, 0.5) is 9.18 Å². The highest BCUT2D eigenvalue weighted by atomic mass is 79.9. The normalized spacial score (nSPS) is 14.3. The molecule has 22 heavy (non-hydrogen) atoms. The molecule has 0 atom stereocenters. The monoisotopic (exact) mass is 370 g/mol. The van der Waals surface area contributed by atoms with Crippen molar-refractivity contribution in [2.24, 2.45) is 0 Å². The highest BCUT2D eigenvalue weighted by molar-refractivity contribution is 9.10. The summed E-state index contributed by atoms with van der Waals surface area (Å²) in [7, 11) is 0. The van der Waals surface area contributed by atoms with Crippen LogP contribution in [-0.4, -0.2) is 42.5 Å². The van der Waals surface area contributed by atoms with E-state index < -0.39 is 30.3 Å². The zero-order valence-electron chi connectivity index (χ0n) is 11.3. The van der Waals surface area contributed by atoms with Gasteiger partial charge < -0.3 is 10.1 Å². The van der Waals surface area contributed by atoms with E-state index in [9.17, 15) is 18.8 Å². The first kappa shape index (κ1) is 16.2. The average molecular weight is 371 g/mol. The molecule has 0 bridgehead atoms. The number of imide groups is 1.